The molecule has 0 unspecified atom stereocenters. The number of hydrogen-bond acceptors (Lipinski definition) is 5. The molecule has 8 heteroatoms. The molecule has 0 aliphatic rings. The largest absolute Gasteiger partial charge is 0.478 e. The van der Waals surface area contributed by atoms with Crippen molar-refractivity contribution in [2.45, 2.75) is 38.3 Å². The molecule has 0 saturated heterocycles. The molecule has 0 bridgehead atoms. The Morgan fingerprint density at radius 1 is 1.45 bits per heavy atom. The summed E-state index contributed by atoms with van der Waals surface area (Å²) < 4.78 is 0. The second kappa shape index (κ2) is 7.09. The maximum atomic E-state index is 11.5. The lowest BCUT2D eigenvalue weighted by Gasteiger charge is -2.09. The van der Waals surface area contributed by atoms with Crippen molar-refractivity contribution in [1.82, 2.24) is 15.3 Å². The number of rotatable bonds is 6. The van der Waals surface area contributed by atoms with Gasteiger partial charge in [0.15, 0.2) is 0 Å². The van der Waals surface area contributed by atoms with Crippen molar-refractivity contribution in [2.75, 3.05) is 5.75 Å². The van der Waals surface area contributed by atoms with Gasteiger partial charge in [-0.3, -0.25) is 4.79 Å². The molecule has 3 N–H and O–H groups in total. The van der Waals surface area contributed by atoms with Crippen LogP contribution in [0.25, 0.3) is 0 Å². The van der Waals surface area contributed by atoms with Gasteiger partial charge < -0.3 is 15.4 Å². The molecule has 0 aromatic carbocycles. The number of carboxylic acids is 1. The van der Waals surface area contributed by atoms with Crippen LogP contribution in [0.1, 0.15) is 36.3 Å². The van der Waals surface area contributed by atoms with Gasteiger partial charge in [0.2, 0.25) is 5.91 Å². The zero-order chi connectivity index (χ0) is 15.3. The fourth-order valence-electron chi connectivity index (χ4n) is 1.55. The van der Waals surface area contributed by atoms with E-state index in [0.717, 1.165) is 11.8 Å². The smallest absolute Gasteiger partial charge is 0.346 e. The number of thioether (sulfide) groups is 1. The third-order valence-electron chi connectivity index (χ3n) is 2.32. The number of aromatic amines is 1. The number of carboxylic acid groups (broad SMARTS) is 1. The van der Waals surface area contributed by atoms with Gasteiger partial charge in [0, 0.05) is 23.9 Å². The predicted octanol–water partition coefficient (Wildman–Crippen LogP) is 0.783. The highest BCUT2D eigenvalue weighted by Crippen LogP contribution is 2.21. The highest BCUT2D eigenvalue weighted by Gasteiger charge is 2.17. The van der Waals surface area contributed by atoms with Crippen LogP contribution in [0.3, 0.4) is 0 Å². The van der Waals surface area contributed by atoms with Crippen LogP contribution in [-0.2, 0) is 4.79 Å². The molecular weight excluding hydrogens is 282 g/mol. The molecule has 0 spiro atoms. The monoisotopic (exact) mass is 299 g/mol. The second-order valence-electron chi connectivity index (χ2n) is 4.47. The van der Waals surface area contributed by atoms with Gasteiger partial charge in [-0.25, -0.2) is 9.59 Å². The van der Waals surface area contributed by atoms with Crippen LogP contribution in [0.15, 0.2) is 9.82 Å². The normalized spacial score (nSPS) is 10.6. The van der Waals surface area contributed by atoms with Crippen molar-refractivity contribution in [3.8, 4) is 0 Å². The molecular formula is C12H17N3O4S. The van der Waals surface area contributed by atoms with E-state index in [-0.39, 0.29) is 34.7 Å². The van der Waals surface area contributed by atoms with E-state index >= 15 is 0 Å². The quantitative estimate of drug-likeness (QED) is 0.528. The number of aryl methyl sites for hydroxylation is 1. The molecule has 20 heavy (non-hydrogen) atoms. The number of nitrogens with zero attached hydrogens (tertiary/aromatic N) is 1. The molecule has 0 atom stereocenters. The Kier molecular flexibility index (Phi) is 5.75. The van der Waals surface area contributed by atoms with Crippen molar-refractivity contribution < 1.29 is 14.7 Å². The van der Waals surface area contributed by atoms with Gasteiger partial charge in [0.25, 0.3) is 0 Å². The Morgan fingerprint density at radius 2 is 2.10 bits per heavy atom. The maximum Gasteiger partial charge on any atom is 0.346 e. The van der Waals surface area contributed by atoms with Gasteiger partial charge >= 0.3 is 11.7 Å². The van der Waals surface area contributed by atoms with E-state index in [4.69, 9.17) is 5.11 Å². The lowest BCUT2D eigenvalue weighted by molar-refractivity contribution is -0.121. The summed E-state index contributed by atoms with van der Waals surface area (Å²) in [5.41, 5.74) is -0.368. The molecule has 110 valence electrons. The highest BCUT2D eigenvalue weighted by molar-refractivity contribution is 7.99. The van der Waals surface area contributed by atoms with Crippen LogP contribution in [0.5, 0.6) is 0 Å². The van der Waals surface area contributed by atoms with Crippen molar-refractivity contribution in [2.24, 2.45) is 0 Å². The zero-order valence-electron chi connectivity index (χ0n) is 11.5. The third kappa shape index (κ3) is 4.69. The lowest BCUT2D eigenvalue weighted by atomic mass is 10.2. The molecule has 1 aromatic rings. The van der Waals surface area contributed by atoms with Gasteiger partial charge in [-0.05, 0) is 20.8 Å². The molecule has 1 heterocycles. The maximum absolute atomic E-state index is 11.5. The minimum Gasteiger partial charge on any atom is -0.478 e. The molecule has 0 radical (unpaired) electrons. The minimum absolute atomic E-state index is 0.0288. The first kappa shape index (κ1) is 16.2. The number of nitrogens with one attached hydrogen (secondary N) is 2. The average Bonchev–Trinajstić information content (AvgIpc) is 2.25. The van der Waals surface area contributed by atoms with E-state index in [1.165, 1.54) is 6.92 Å². The fraction of sp³-hybridized carbons (Fsp3) is 0.500. The van der Waals surface area contributed by atoms with Gasteiger partial charge in [0.1, 0.15) is 10.6 Å². The summed E-state index contributed by atoms with van der Waals surface area (Å²) in [4.78, 5) is 39.9. The molecule has 1 amide bonds. The SMILES string of the molecule is Cc1[nH]c(=O)nc(SCCC(=O)NC(C)C)c1C(=O)O. The second-order valence-corrected chi connectivity index (χ2v) is 5.56. The van der Waals surface area contributed by atoms with Crippen LogP contribution >= 0.6 is 11.8 Å². The minimum atomic E-state index is -1.15. The van der Waals surface area contributed by atoms with E-state index in [1.54, 1.807) is 0 Å². The van der Waals surface area contributed by atoms with E-state index in [9.17, 15) is 14.4 Å². The number of H-pyrrole nitrogens is 1. The van der Waals surface area contributed by atoms with Crippen LogP contribution in [0, 0.1) is 6.92 Å². The number of carbonyl (C=O) groups excluding carboxylic acids is 1. The van der Waals surface area contributed by atoms with Crippen molar-refractivity contribution >= 4 is 23.6 Å². The molecule has 0 aliphatic carbocycles. The summed E-state index contributed by atoms with van der Waals surface area (Å²) in [5, 5.41) is 12.0. The third-order valence-corrected chi connectivity index (χ3v) is 3.29. The summed E-state index contributed by atoms with van der Waals surface area (Å²) in [5.74, 6) is -0.916. The molecule has 7 nitrogen and oxygen atoms in total. The first-order chi connectivity index (χ1) is 9.31. The Morgan fingerprint density at radius 3 is 2.65 bits per heavy atom. The van der Waals surface area contributed by atoms with Crippen molar-refractivity contribution in [3.63, 3.8) is 0 Å². The average molecular weight is 299 g/mol. The standard InChI is InChI=1S/C12H17N3O4S/c1-6(2)13-8(16)4-5-20-10-9(11(17)18)7(3)14-12(19)15-10/h6H,4-5H2,1-3H3,(H,13,16)(H,17,18)(H,14,15,19). The zero-order valence-corrected chi connectivity index (χ0v) is 12.3. The van der Waals surface area contributed by atoms with Crippen LogP contribution in [0.4, 0.5) is 0 Å². The Bertz CT molecular complexity index is 568. The molecule has 1 aromatic heterocycles. The predicted molar refractivity (Wildman–Crippen MR) is 75.2 cm³/mol. The Hall–Kier alpha value is -1.83. The topological polar surface area (TPSA) is 112 Å². The Balaban J connectivity index is 2.75. The van der Waals surface area contributed by atoms with Crippen LogP contribution in [0.2, 0.25) is 0 Å². The summed E-state index contributed by atoms with van der Waals surface area (Å²) in [6, 6.07) is 0.0574. The number of hydrogen-bond donors (Lipinski definition) is 3. The summed E-state index contributed by atoms with van der Waals surface area (Å²) in [7, 11) is 0. The lowest BCUT2D eigenvalue weighted by Crippen LogP contribution is -2.30. The number of amides is 1. The van der Waals surface area contributed by atoms with Crippen molar-refractivity contribution in [3.05, 3.63) is 21.7 Å². The molecule has 1 rings (SSSR count). The van der Waals surface area contributed by atoms with Crippen LogP contribution in [-0.4, -0.2) is 38.7 Å². The van der Waals surface area contributed by atoms with Gasteiger partial charge in [-0.1, -0.05) is 0 Å². The van der Waals surface area contributed by atoms with E-state index in [0.29, 0.717) is 5.75 Å². The number of aromatic carboxylic acids is 1. The van der Waals surface area contributed by atoms with E-state index in [1.807, 2.05) is 13.8 Å². The number of carbonyl (C=O) groups is 2. The van der Waals surface area contributed by atoms with Gasteiger partial charge in [0.05, 0.1) is 0 Å². The Labute approximate surface area is 120 Å². The summed E-state index contributed by atoms with van der Waals surface area (Å²) in [6.45, 7) is 5.21. The summed E-state index contributed by atoms with van der Waals surface area (Å²) >= 11 is 1.09. The summed E-state index contributed by atoms with van der Waals surface area (Å²) in [6.07, 6.45) is 0.232. The first-order valence-corrected chi connectivity index (χ1v) is 7.06. The first-order valence-electron chi connectivity index (χ1n) is 6.07. The van der Waals surface area contributed by atoms with Gasteiger partial charge in [-0.2, -0.15) is 4.98 Å². The van der Waals surface area contributed by atoms with Crippen molar-refractivity contribution in [1.29, 1.82) is 0 Å². The fourth-order valence-corrected chi connectivity index (χ4v) is 2.56. The number of aromatic nitrogens is 2. The highest BCUT2D eigenvalue weighted by atomic mass is 32.2. The van der Waals surface area contributed by atoms with E-state index < -0.39 is 11.7 Å². The van der Waals surface area contributed by atoms with E-state index in [2.05, 4.69) is 15.3 Å². The molecule has 0 saturated carbocycles. The molecule has 0 fully saturated rings. The molecule has 0 aliphatic heterocycles. The van der Waals surface area contributed by atoms with Gasteiger partial charge in [-0.15, -0.1) is 11.8 Å². The van der Waals surface area contributed by atoms with Crippen LogP contribution < -0.4 is 11.0 Å².